The minimum atomic E-state index is -0.359. The van der Waals surface area contributed by atoms with Crippen LogP contribution in [0.5, 0.6) is 0 Å². The standard InChI is InChI=1S/C24H25N3O3/c28-27(29)21-8-6-20(7-9-21)23-26(22(25-30-23)19-4-2-1-3-5-19)24-13-16-10-17(14-24)12-18(11-16)15-24/h1-9,16-18,23H,10-15H2/t16?,17?,18?,23-,24?/m0/s1. The van der Waals surface area contributed by atoms with Crippen molar-refractivity contribution in [2.75, 3.05) is 0 Å². The third-order valence-corrected chi connectivity index (χ3v) is 7.64. The summed E-state index contributed by atoms with van der Waals surface area (Å²) in [7, 11) is 0. The number of benzene rings is 2. The number of rotatable bonds is 4. The summed E-state index contributed by atoms with van der Waals surface area (Å²) in [6.45, 7) is 0. The van der Waals surface area contributed by atoms with Crippen LogP contribution in [0.4, 0.5) is 5.69 Å². The first-order valence-electron chi connectivity index (χ1n) is 10.9. The van der Waals surface area contributed by atoms with Crippen molar-refractivity contribution in [1.82, 2.24) is 4.90 Å². The van der Waals surface area contributed by atoms with E-state index in [0.29, 0.717) is 0 Å². The molecule has 4 saturated carbocycles. The van der Waals surface area contributed by atoms with E-state index >= 15 is 0 Å². The second kappa shape index (κ2) is 6.56. The molecule has 2 aromatic carbocycles. The summed E-state index contributed by atoms with van der Waals surface area (Å²) in [5.74, 6) is 3.30. The quantitative estimate of drug-likeness (QED) is 0.516. The van der Waals surface area contributed by atoms with Crippen molar-refractivity contribution >= 4 is 11.5 Å². The smallest absolute Gasteiger partial charge is 0.269 e. The summed E-state index contributed by atoms with van der Waals surface area (Å²) >= 11 is 0. The van der Waals surface area contributed by atoms with Crippen LogP contribution in [0.25, 0.3) is 0 Å². The highest BCUT2D eigenvalue weighted by atomic mass is 16.7. The molecule has 0 spiro atoms. The molecule has 2 aromatic rings. The Balaban J connectivity index is 1.42. The Labute approximate surface area is 175 Å². The molecule has 6 heteroatoms. The Hall–Kier alpha value is -2.89. The van der Waals surface area contributed by atoms with Gasteiger partial charge in [-0.05, 0) is 68.4 Å². The molecular formula is C24H25N3O3. The van der Waals surface area contributed by atoms with Crippen molar-refractivity contribution in [3.8, 4) is 0 Å². The normalized spacial score (nSPS) is 34.0. The lowest BCUT2D eigenvalue weighted by Gasteiger charge is -2.60. The number of nitrogens with zero attached hydrogens (tertiary/aromatic N) is 3. The number of oxime groups is 1. The van der Waals surface area contributed by atoms with E-state index in [1.807, 2.05) is 30.3 Å². The molecule has 4 aliphatic carbocycles. The van der Waals surface area contributed by atoms with Crippen LogP contribution < -0.4 is 0 Å². The maximum Gasteiger partial charge on any atom is 0.269 e. The van der Waals surface area contributed by atoms with Gasteiger partial charge in [-0.2, -0.15) is 0 Å². The van der Waals surface area contributed by atoms with Crippen LogP contribution in [0.1, 0.15) is 55.9 Å². The molecule has 5 aliphatic rings. The molecule has 0 unspecified atom stereocenters. The van der Waals surface area contributed by atoms with Crippen LogP contribution in [0, 0.1) is 27.9 Å². The third-order valence-electron chi connectivity index (χ3n) is 7.64. The predicted molar refractivity (Wildman–Crippen MR) is 113 cm³/mol. The van der Waals surface area contributed by atoms with Crippen LogP contribution in [0.15, 0.2) is 59.8 Å². The Bertz CT molecular complexity index is 967. The number of amidine groups is 1. The zero-order valence-corrected chi connectivity index (χ0v) is 16.8. The van der Waals surface area contributed by atoms with E-state index < -0.39 is 0 Å². The van der Waals surface area contributed by atoms with Gasteiger partial charge in [-0.15, -0.1) is 0 Å². The zero-order valence-electron chi connectivity index (χ0n) is 16.8. The van der Waals surface area contributed by atoms with Crippen molar-refractivity contribution in [2.24, 2.45) is 22.9 Å². The molecule has 4 bridgehead atoms. The van der Waals surface area contributed by atoms with Gasteiger partial charge in [-0.3, -0.25) is 10.1 Å². The van der Waals surface area contributed by atoms with Gasteiger partial charge in [0.25, 0.3) is 5.69 Å². The molecule has 0 saturated heterocycles. The Kier molecular flexibility index (Phi) is 3.92. The molecule has 154 valence electrons. The molecule has 0 amide bonds. The Morgan fingerprint density at radius 1 is 0.933 bits per heavy atom. The molecule has 1 atom stereocenters. The average molecular weight is 403 g/mol. The molecule has 0 radical (unpaired) electrons. The topological polar surface area (TPSA) is 68.0 Å². The van der Waals surface area contributed by atoms with Crippen LogP contribution in [0.3, 0.4) is 0 Å². The van der Waals surface area contributed by atoms with E-state index in [9.17, 15) is 10.1 Å². The van der Waals surface area contributed by atoms with Crippen LogP contribution in [-0.4, -0.2) is 21.2 Å². The lowest BCUT2D eigenvalue weighted by atomic mass is 9.52. The van der Waals surface area contributed by atoms with Crippen LogP contribution >= 0.6 is 0 Å². The highest BCUT2D eigenvalue weighted by Crippen LogP contribution is 2.60. The van der Waals surface area contributed by atoms with Gasteiger partial charge in [0.05, 0.1) is 4.92 Å². The van der Waals surface area contributed by atoms with E-state index in [2.05, 4.69) is 22.2 Å². The molecule has 6 nitrogen and oxygen atoms in total. The number of nitro groups is 1. The first kappa shape index (κ1) is 17.9. The summed E-state index contributed by atoms with van der Waals surface area (Å²) in [5, 5.41) is 15.7. The zero-order chi connectivity index (χ0) is 20.3. The first-order chi connectivity index (χ1) is 14.6. The van der Waals surface area contributed by atoms with Crippen molar-refractivity contribution in [2.45, 2.75) is 50.3 Å². The lowest BCUT2D eigenvalue weighted by Crippen LogP contribution is -2.61. The summed E-state index contributed by atoms with van der Waals surface area (Å²) < 4.78 is 0. The lowest BCUT2D eigenvalue weighted by molar-refractivity contribution is -0.384. The maximum absolute atomic E-state index is 11.1. The van der Waals surface area contributed by atoms with Crippen LogP contribution in [-0.2, 0) is 4.84 Å². The van der Waals surface area contributed by atoms with Crippen molar-refractivity contribution in [3.05, 3.63) is 75.8 Å². The van der Waals surface area contributed by atoms with Crippen molar-refractivity contribution in [1.29, 1.82) is 0 Å². The fourth-order valence-electron chi connectivity index (χ4n) is 6.89. The highest BCUT2D eigenvalue weighted by Gasteiger charge is 2.57. The average Bonchev–Trinajstić information content (AvgIpc) is 3.20. The van der Waals surface area contributed by atoms with Gasteiger partial charge in [0.1, 0.15) is 0 Å². The molecule has 1 heterocycles. The fourth-order valence-corrected chi connectivity index (χ4v) is 6.89. The molecule has 0 N–H and O–H groups in total. The molecule has 7 rings (SSSR count). The molecule has 30 heavy (non-hydrogen) atoms. The van der Waals surface area contributed by atoms with Gasteiger partial charge in [0.15, 0.2) is 5.84 Å². The van der Waals surface area contributed by atoms with Crippen molar-refractivity contribution in [3.63, 3.8) is 0 Å². The van der Waals surface area contributed by atoms with Gasteiger partial charge in [0.2, 0.25) is 6.23 Å². The summed E-state index contributed by atoms with van der Waals surface area (Å²) in [6.07, 6.45) is 7.35. The minimum Gasteiger partial charge on any atom is -0.363 e. The first-order valence-corrected chi connectivity index (χ1v) is 10.9. The second-order valence-electron chi connectivity index (χ2n) is 9.60. The monoisotopic (exact) mass is 403 g/mol. The van der Waals surface area contributed by atoms with Crippen molar-refractivity contribution < 1.29 is 9.76 Å². The second-order valence-corrected chi connectivity index (χ2v) is 9.60. The van der Waals surface area contributed by atoms with Gasteiger partial charge in [-0.25, -0.2) is 0 Å². The maximum atomic E-state index is 11.1. The van der Waals surface area contributed by atoms with Gasteiger partial charge in [-0.1, -0.05) is 35.5 Å². The Morgan fingerprint density at radius 2 is 1.53 bits per heavy atom. The summed E-state index contributed by atoms with van der Waals surface area (Å²) in [6, 6.07) is 17.0. The molecule has 1 aliphatic heterocycles. The largest absolute Gasteiger partial charge is 0.363 e. The van der Waals surface area contributed by atoms with E-state index in [-0.39, 0.29) is 22.4 Å². The predicted octanol–water partition coefficient (Wildman–Crippen LogP) is 5.26. The number of hydrogen-bond acceptors (Lipinski definition) is 5. The van der Waals surface area contributed by atoms with E-state index in [1.54, 1.807) is 12.1 Å². The van der Waals surface area contributed by atoms with E-state index in [4.69, 9.17) is 4.84 Å². The van der Waals surface area contributed by atoms with E-state index in [1.165, 1.54) is 38.5 Å². The van der Waals surface area contributed by atoms with Gasteiger partial charge >= 0.3 is 0 Å². The number of hydrogen-bond donors (Lipinski definition) is 0. The van der Waals surface area contributed by atoms with E-state index in [0.717, 1.165) is 34.7 Å². The molecule has 4 fully saturated rings. The van der Waals surface area contributed by atoms with Gasteiger partial charge in [0, 0.05) is 28.8 Å². The van der Waals surface area contributed by atoms with Crippen LogP contribution in [0.2, 0.25) is 0 Å². The number of non-ortho nitro benzene ring substituents is 1. The molecular weight excluding hydrogens is 378 g/mol. The fraction of sp³-hybridized carbons (Fsp3) is 0.458. The number of nitro benzene ring substituents is 1. The minimum absolute atomic E-state index is 0.0619. The van der Waals surface area contributed by atoms with Gasteiger partial charge < -0.3 is 9.74 Å². The molecule has 0 aromatic heterocycles. The Morgan fingerprint density at radius 3 is 2.10 bits per heavy atom. The third kappa shape index (κ3) is 2.73. The summed E-state index contributed by atoms with van der Waals surface area (Å²) in [5.41, 5.74) is 2.15. The SMILES string of the molecule is O=[N+]([O-])c1ccc([C@@H]2ON=C(c3ccccc3)N2C23CC4CC(CC(C4)C2)C3)cc1. The highest BCUT2D eigenvalue weighted by molar-refractivity contribution is 5.99. The summed E-state index contributed by atoms with van der Waals surface area (Å²) in [4.78, 5) is 19.2.